The summed E-state index contributed by atoms with van der Waals surface area (Å²) >= 11 is 3.45. The minimum Gasteiger partial charge on any atom is -0.496 e. The molecule has 0 radical (unpaired) electrons. The smallest absolute Gasteiger partial charge is 0.338 e. The van der Waals surface area contributed by atoms with Crippen molar-refractivity contribution in [2.24, 2.45) is 0 Å². The molecule has 8 nitrogen and oxygen atoms in total. The molecule has 1 aliphatic rings. The second-order valence-corrected chi connectivity index (χ2v) is 5.81. The maximum absolute atomic E-state index is 12.3. The zero-order valence-electron chi connectivity index (χ0n) is 12.7. The van der Waals surface area contributed by atoms with Gasteiger partial charge in [0.15, 0.2) is 0 Å². The number of benzene rings is 1. The van der Waals surface area contributed by atoms with Crippen molar-refractivity contribution in [2.75, 3.05) is 19.5 Å². The molecular weight excluding hydrogens is 366 g/mol. The Morgan fingerprint density at radius 3 is 2.87 bits per heavy atom. The molecule has 120 valence electrons. The Bertz CT molecular complexity index is 801. The number of esters is 1. The number of nitrogens with zero attached hydrogens (tertiary/aromatic N) is 4. The number of carbonyl (C=O) groups is 1. The maximum Gasteiger partial charge on any atom is 0.338 e. The van der Waals surface area contributed by atoms with Gasteiger partial charge in [0, 0.05) is 15.7 Å². The summed E-state index contributed by atoms with van der Waals surface area (Å²) in [4.78, 5) is 12.3. The Kier molecular flexibility index (Phi) is 4.03. The molecule has 3 rings (SSSR count). The molecule has 23 heavy (non-hydrogen) atoms. The topological polar surface area (TPSA) is 91.2 Å². The fourth-order valence-electron chi connectivity index (χ4n) is 2.59. The predicted octanol–water partition coefficient (Wildman–Crippen LogP) is 1.91. The van der Waals surface area contributed by atoms with E-state index in [2.05, 4.69) is 36.8 Å². The summed E-state index contributed by atoms with van der Waals surface area (Å²) in [5.41, 5.74) is 1.80. The van der Waals surface area contributed by atoms with Crippen molar-refractivity contribution >= 4 is 27.8 Å². The first kappa shape index (κ1) is 15.5. The third kappa shape index (κ3) is 2.56. The Morgan fingerprint density at radius 2 is 2.17 bits per heavy atom. The van der Waals surface area contributed by atoms with E-state index in [0.717, 1.165) is 10.0 Å². The van der Waals surface area contributed by atoms with Crippen LogP contribution in [0, 0.1) is 0 Å². The number of halogens is 1. The highest BCUT2D eigenvalue weighted by molar-refractivity contribution is 9.10. The predicted molar refractivity (Wildman–Crippen MR) is 85.0 cm³/mol. The van der Waals surface area contributed by atoms with Crippen LogP contribution in [0.3, 0.4) is 0 Å². The highest BCUT2D eigenvalue weighted by Crippen LogP contribution is 2.39. The van der Waals surface area contributed by atoms with Crippen LogP contribution in [-0.2, 0) is 9.53 Å². The van der Waals surface area contributed by atoms with Gasteiger partial charge in [0.05, 0.1) is 19.8 Å². The SMILES string of the molecule is COC(=O)C1=C(C)Nc2nnnn2[C@@H]1c1cc(Br)ccc1OC. The number of allylic oxidation sites excluding steroid dienone is 1. The first-order chi connectivity index (χ1) is 11.1. The molecule has 0 unspecified atom stereocenters. The third-order valence-electron chi connectivity index (χ3n) is 3.61. The molecule has 1 aromatic carbocycles. The molecule has 2 aromatic rings. The van der Waals surface area contributed by atoms with Gasteiger partial charge in [-0.3, -0.25) is 0 Å². The van der Waals surface area contributed by atoms with E-state index in [1.807, 2.05) is 18.2 Å². The number of ether oxygens (including phenoxy) is 2. The van der Waals surface area contributed by atoms with E-state index in [-0.39, 0.29) is 0 Å². The number of rotatable bonds is 3. The highest BCUT2D eigenvalue weighted by Gasteiger charge is 2.36. The average molecular weight is 380 g/mol. The van der Waals surface area contributed by atoms with E-state index in [0.29, 0.717) is 23.0 Å². The maximum atomic E-state index is 12.3. The van der Waals surface area contributed by atoms with Crippen molar-refractivity contribution in [2.45, 2.75) is 13.0 Å². The Hall–Kier alpha value is -2.42. The number of nitrogens with one attached hydrogen (secondary N) is 1. The summed E-state index contributed by atoms with van der Waals surface area (Å²) in [6, 6.07) is 4.99. The summed E-state index contributed by atoms with van der Waals surface area (Å²) in [7, 11) is 2.91. The third-order valence-corrected chi connectivity index (χ3v) is 4.10. The van der Waals surface area contributed by atoms with Crippen LogP contribution in [0.15, 0.2) is 33.9 Å². The second-order valence-electron chi connectivity index (χ2n) is 4.89. The van der Waals surface area contributed by atoms with E-state index in [1.165, 1.54) is 11.8 Å². The summed E-state index contributed by atoms with van der Waals surface area (Å²) in [5, 5.41) is 14.6. The minimum absolute atomic E-state index is 0.420. The average Bonchev–Trinajstić information content (AvgIpc) is 3.00. The summed E-state index contributed by atoms with van der Waals surface area (Å²) in [6.07, 6.45) is 0. The number of fused-ring (bicyclic) bond motifs is 1. The van der Waals surface area contributed by atoms with Crippen molar-refractivity contribution in [1.29, 1.82) is 0 Å². The first-order valence-electron chi connectivity index (χ1n) is 6.74. The zero-order chi connectivity index (χ0) is 16.6. The van der Waals surface area contributed by atoms with Crippen LogP contribution in [0.25, 0.3) is 0 Å². The molecule has 1 aromatic heterocycles. The molecule has 0 bridgehead atoms. The molecule has 0 saturated carbocycles. The largest absolute Gasteiger partial charge is 0.496 e. The summed E-state index contributed by atoms with van der Waals surface area (Å²) < 4.78 is 12.8. The van der Waals surface area contributed by atoms with Gasteiger partial charge >= 0.3 is 5.97 Å². The van der Waals surface area contributed by atoms with Crippen molar-refractivity contribution in [3.05, 3.63) is 39.5 Å². The zero-order valence-corrected chi connectivity index (χ0v) is 14.3. The van der Waals surface area contributed by atoms with E-state index in [1.54, 1.807) is 14.0 Å². The lowest BCUT2D eigenvalue weighted by Crippen LogP contribution is -2.29. The van der Waals surface area contributed by atoms with Crippen LogP contribution in [0.4, 0.5) is 5.95 Å². The molecule has 0 fully saturated rings. The van der Waals surface area contributed by atoms with Gasteiger partial charge in [-0.15, -0.1) is 0 Å². The van der Waals surface area contributed by atoms with E-state index >= 15 is 0 Å². The number of tetrazole rings is 1. The monoisotopic (exact) mass is 379 g/mol. The Morgan fingerprint density at radius 1 is 1.39 bits per heavy atom. The van der Waals surface area contributed by atoms with Crippen LogP contribution < -0.4 is 10.1 Å². The highest BCUT2D eigenvalue weighted by atomic mass is 79.9. The molecule has 0 aliphatic carbocycles. The van der Waals surface area contributed by atoms with Crippen LogP contribution in [-0.4, -0.2) is 40.4 Å². The summed E-state index contributed by atoms with van der Waals surface area (Å²) in [6.45, 7) is 1.78. The first-order valence-corrected chi connectivity index (χ1v) is 7.53. The fraction of sp³-hybridized carbons (Fsp3) is 0.286. The number of carbonyl (C=O) groups excluding carboxylic acids is 1. The van der Waals surface area contributed by atoms with E-state index in [9.17, 15) is 4.79 Å². The molecule has 1 aliphatic heterocycles. The number of anilines is 1. The Balaban J connectivity index is 2.26. The molecule has 1 atom stereocenters. The van der Waals surface area contributed by atoms with Gasteiger partial charge in [0.2, 0.25) is 5.95 Å². The van der Waals surface area contributed by atoms with Crippen LogP contribution in [0.1, 0.15) is 18.5 Å². The van der Waals surface area contributed by atoms with Crippen LogP contribution in [0.2, 0.25) is 0 Å². The molecule has 0 saturated heterocycles. The van der Waals surface area contributed by atoms with Crippen molar-refractivity contribution in [3.63, 3.8) is 0 Å². The molecular formula is C14H14BrN5O3. The quantitative estimate of drug-likeness (QED) is 0.814. The molecule has 0 amide bonds. The minimum atomic E-state index is -0.554. The molecule has 0 spiro atoms. The van der Waals surface area contributed by atoms with Crippen molar-refractivity contribution < 1.29 is 14.3 Å². The van der Waals surface area contributed by atoms with Gasteiger partial charge in [-0.25, -0.2) is 4.79 Å². The van der Waals surface area contributed by atoms with Gasteiger partial charge in [-0.2, -0.15) is 4.68 Å². The standard InChI is InChI=1S/C14H14BrN5O3/c1-7-11(13(21)23-3)12(20-14(16-7)17-18-19-20)9-6-8(15)4-5-10(9)22-2/h4-6,12H,1-3H3,(H,16,17,19)/t12-/m1/s1. The van der Waals surface area contributed by atoms with Gasteiger partial charge in [0.1, 0.15) is 11.8 Å². The lowest BCUT2D eigenvalue weighted by molar-refractivity contribution is -0.136. The van der Waals surface area contributed by atoms with E-state index < -0.39 is 12.0 Å². The normalized spacial score (nSPS) is 16.6. The van der Waals surface area contributed by atoms with Gasteiger partial charge < -0.3 is 14.8 Å². The number of aromatic nitrogens is 4. The van der Waals surface area contributed by atoms with E-state index in [4.69, 9.17) is 9.47 Å². The number of methoxy groups -OCH3 is 2. The van der Waals surface area contributed by atoms with Gasteiger partial charge in [-0.1, -0.05) is 21.0 Å². The molecule has 1 N–H and O–H groups in total. The van der Waals surface area contributed by atoms with Crippen molar-refractivity contribution in [3.8, 4) is 5.75 Å². The summed E-state index contributed by atoms with van der Waals surface area (Å²) in [5.74, 6) is 0.612. The van der Waals surface area contributed by atoms with Gasteiger partial charge in [-0.05, 0) is 35.5 Å². The van der Waals surface area contributed by atoms with Gasteiger partial charge in [0.25, 0.3) is 0 Å². The number of hydrogen-bond donors (Lipinski definition) is 1. The molecule has 9 heteroatoms. The fourth-order valence-corrected chi connectivity index (χ4v) is 2.97. The lowest BCUT2D eigenvalue weighted by Gasteiger charge is -2.28. The van der Waals surface area contributed by atoms with Crippen LogP contribution in [0.5, 0.6) is 5.75 Å². The number of hydrogen-bond acceptors (Lipinski definition) is 7. The second kappa shape index (κ2) is 5.99. The van der Waals surface area contributed by atoms with Crippen LogP contribution >= 0.6 is 15.9 Å². The Labute approximate surface area is 140 Å². The molecule has 2 heterocycles. The van der Waals surface area contributed by atoms with Crippen molar-refractivity contribution in [1.82, 2.24) is 20.2 Å². The lowest BCUT2D eigenvalue weighted by atomic mass is 9.95.